The van der Waals surface area contributed by atoms with Crippen LogP contribution in [0.25, 0.3) is 0 Å². The van der Waals surface area contributed by atoms with E-state index in [2.05, 4.69) is 25.8 Å². The number of aliphatic imine (C=N–C) groups is 1. The second-order valence-corrected chi connectivity index (χ2v) is 9.80. The molecule has 0 bridgehead atoms. The predicted molar refractivity (Wildman–Crippen MR) is 112 cm³/mol. The first-order valence-corrected chi connectivity index (χ1v) is 11.4. The van der Waals surface area contributed by atoms with Crippen LogP contribution in [0.2, 0.25) is 0 Å². The number of ether oxygens (including phenoxy) is 1. The fourth-order valence-electron chi connectivity index (χ4n) is 2.63. The highest BCUT2D eigenvalue weighted by Crippen LogP contribution is 2.51. The smallest absolute Gasteiger partial charge is 0.215 e. The fourth-order valence-corrected chi connectivity index (χ4v) is 4.94. The minimum absolute atomic E-state index is 0.250. The lowest BCUT2D eigenvalue weighted by Gasteiger charge is -2.41. The summed E-state index contributed by atoms with van der Waals surface area (Å²) in [5.74, 6) is 2.99. The summed E-state index contributed by atoms with van der Waals surface area (Å²) in [5, 5.41) is 18.1. The minimum atomic E-state index is -1.32. The molecule has 4 unspecified atom stereocenters. The van der Waals surface area contributed by atoms with Crippen molar-refractivity contribution in [2.45, 2.75) is 59.2 Å². The van der Waals surface area contributed by atoms with Gasteiger partial charge in [0.25, 0.3) is 0 Å². The zero-order chi connectivity index (χ0) is 21.0. The summed E-state index contributed by atoms with van der Waals surface area (Å²) in [6.07, 6.45) is 1.17. The Morgan fingerprint density at radius 1 is 1.30 bits per heavy atom. The molecule has 0 aliphatic carbocycles. The van der Waals surface area contributed by atoms with Gasteiger partial charge in [-0.05, 0) is 37.2 Å². The molecule has 1 heterocycles. The van der Waals surface area contributed by atoms with Gasteiger partial charge in [-0.1, -0.05) is 20.8 Å². The second-order valence-electron chi connectivity index (χ2n) is 5.95. The summed E-state index contributed by atoms with van der Waals surface area (Å²) in [5.41, 5.74) is 5.63. The number of nitrogens with two attached hydrogens (primary N) is 1. The van der Waals surface area contributed by atoms with E-state index in [-0.39, 0.29) is 6.61 Å². The first-order valence-electron chi connectivity index (χ1n) is 9.31. The van der Waals surface area contributed by atoms with Gasteiger partial charge in [-0.3, -0.25) is 14.7 Å². The Morgan fingerprint density at radius 2 is 1.81 bits per heavy atom. The molecule has 4 N–H and O–H groups in total. The van der Waals surface area contributed by atoms with E-state index in [1.165, 1.54) is 17.2 Å². The van der Waals surface area contributed by atoms with Gasteiger partial charge >= 0.3 is 0 Å². The maximum absolute atomic E-state index is 11.5. The Balaban J connectivity index is 0.00000210. The van der Waals surface area contributed by atoms with Gasteiger partial charge < -0.3 is 24.9 Å². The van der Waals surface area contributed by atoms with E-state index < -0.39 is 34.8 Å². The molecule has 0 radical (unpaired) electrons. The molecule has 27 heavy (non-hydrogen) atoms. The molecule has 9 heteroatoms. The third-order valence-corrected chi connectivity index (χ3v) is 8.22. The van der Waals surface area contributed by atoms with Crippen LogP contribution in [0.5, 0.6) is 0 Å². The van der Waals surface area contributed by atoms with Gasteiger partial charge in [0.15, 0.2) is 6.23 Å². The number of aliphatic hydroxyl groups excluding tert-OH is 2. The average Bonchev–Trinajstić information content (AvgIpc) is 2.95. The summed E-state index contributed by atoms with van der Waals surface area (Å²) in [4.78, 5) is 16.7. The van der Waals surface area contributed by atoms with Crippen LogP contribution in [0.3, 0.4) is 0 Å². The lowest BCUT2D eigenvalue weighted by Crippen LogP contribution is -2.44. The number of hydrogen-bond acceptors (Lipinski definition) is 6. The number of aliphatic hydroxyl groups is 2. The molecule has 1 amide bonds. The maximum atomic E-state index is 11.5. The van der Waals surface area contributed by atoms with E-state index in [4.69, 9.17) is 19.8 Å². The quantitative estimate of drug-likeness (QED) is 0.300. The standard InChI is InChI=1S/C16H31N3O4S.C2H6O/c1-6-24(7-2,8-3)23-15-14(21)12(4)22-16(15)19(11-20)10-9-13(17)18-5;1-2-3/h9-12,14-16,21H,6-8H2,1-5H3,(H2,17,18);3H,2H2,1H3/b10-9-;. The molecule has 1 saturated heterocycles. The van der Waals surface area contributed by atoms with E-state index >= 15 is 0 Å². The molecule has 1 aliphatic heterocycles. The van der Waals surface area contributed by atoms with Crippen molar-refractivity contribution >= 4 is 22.6 Å². The van der Waals surface area contributed by atoms with Crippen molar-refractivity contribution in [1.29, 1.82) is 0 Å². The Kier molecular flexibility index (Phi) is 12.6. The van der Waals surface area contributed by atoms with E-state index in [1.807, 2.05) is 0 Å². The number of amidine groups is 1. The van der Waals surface area contributed by atoms with Gasteiger partial charge in [-0.2, -0.15) is 0 Å². The third-order valence-electron chi connectivity index (χ3n) is 4.44. The average molecular weight is 408 g/mol. The van der Waals surface area contributed by atoms with Crippen LogP contribution >= 0.6 is 10.3 Å². The highest BCUT2D eigenvalue weighted by Gasteiger charge is 2.47. The van der Waals surface area contributed by atoms with Crippen LogP contribution in [0.4, 0.5) is 0 Å². The van der Waals surface area contributed by atoms with Crippen molar-refractivity contribution < 1.29 is 23.9 Å². The van der Waals surface area contributed by atoms with E-state index in [1.54, 1.807) is 20.9 Å². The van der Waals surface area contributed by atoms with Crippen molar-refractivity contribution in [2.24, 2.45) is 10.7 Å². The number of hydrogen-bond donors (Lipinski definition) is 3. The molecule has 0 aromatic rings. The van der Waals surface area contributed by atoms with Crippen LogP contribution in [0, 0.1) is 0 Å². The minimum Gasteiger partial charge on any atom is -0.397 e. The molecule has 1 rings (SSSR count). The monoisotopic (exact) mass is 407 g/mol. The fraction of sp³-hybridized carbons (Fsp3) is 0.778. The number of nitrogens with zero attached hydrogens (tertiary/aromatic N) is 2. The van der Waals surface area contributed by atoms with Gasteiger partial charge in [0.2, 0.25) is 6.41 Å². The van der Waals surface area contributed by atoms with Gasteiger partial charge in [0.05, 0.1) is 6.10 Å². The zero-order valence-electron chi connectivity index (χ0n) is 17.4. The van der Waals surface area contributed by atoms with Crippen molar-refractivity contribution in [2.75, 3.05) is 30.9 Å². The Hall–Kier alpha value is -1.13. The molecule has 1 fully saturated rings. The Labute approximate surface area is 164 Å². The number of carbonyl (C=O) groups is 1. The lowest BCUT2D eigenvalue weighted by molar-refractivity contribution is -0.129. The largest absolute Gasteiger partial charge is 0.397 e. The zero-order valence-corrected chi connectivity index (χ0v) is 18.2. The maximum Gasteiger partial charge on any atom is 0.215 e. The number of rotatable bonds is 9. The first kappa shape index (κ1) is 25.9. The summed E-state index contributed by atoms with van der Waals surface area (Å²) in [6.45, 7) is 9.99. The molecular weight excluding hydrogens is 370 g/mol. The third kappa shape index (κ3) is 7.42. The van der Waals surface area contributed by atoms with Crippen molar-refractivity contribution in [3.05, 3.63) is 12.3 Å². The van der Waals surface area contributed by atoms with Gasteiger partial charge in [-0.25, -0.2) is 0 Å². The molecule has 0 aromatic carbocycles. The summed E-state index contributed by atoms with van der Waals surface area (Å²) in [7, 11) is 0.250. The first-order chi connectivity index (χ1) is 12.8. The van der Waals surface area contributed by atoms with Crippen LogP contribution in [-0.4, -0.2) is 82.8 Å². The van der Waals surface area contributed by atoms with E-state index in [0.717, 1.165) is 17.3 Å². The normalized spacial score (nSPS) is 26.6. The molecule has 8 nitrogen and oxygen atoms in total. The van der Waals surface area contributed by atoms with Crippen molar-refractivity contribution in [1.82, 2.24) is 4.90 Å². The predicted octanol–water partition coefficient (Wildman–Crippen LogP) is 1.21. The Morgan fingerprint density at radius 3 is 2.22 bits per heavy atom. The molecule has 4 atom stereocenters. The SMILES string of the molecule is CCO.CCS(CC)(CC)OC1C(O)C(C)OC1N(C=O)/C=C\C(N)=NC. The topological polar surface area (TPSA) is 118 Å². The Bertz CT molecular complexity index is 477. The van der Waals surface area contributed by atoms with Gasteiger partial charge in [0.1, 0.15) is 18.0 Å². The summed E-state index contributed by atoms with van der Waals surface area (Å²) >= 11 is 0. The summed E-state index contributed by atoms with van der Waals surface area (Å²) in [6, 6.07) is 0. The molecule has 1 aliphatic rings. The second kappa shape index (κ2) is 13.1. The van der Waals surface area contributed by atoms with Gasteiger partial charge in [0, 0.05) is 19.9 Å². The molecule has 160 valence electrons. The van der Waals surface area contributed by atoms with Crippen LogP contribution in [-0.2, 0) is 13.7 Å². The molecule has 0 aromatic heterocycles. The molecule has 0 spiro atoms. The molecule has 0 saturated carbocycles. The van der Waals surface area contributed by atoms with Crippen molar-refractivity contribution in [3.63, 3.8) is 0 Å². The highest BCUT2D eigenvalue weighted by atomic mass is 32.3. The molecular formula is C18H37N3O5S. The van der Waals surface area contributed by atoms with Crippen LogP contribution < -0.4 is 5.73 Å². The van der Waals surface area contributed by atoms with Gasteiger partial charge in [-0.15, -0.1) is 10.3 Å². The number of carbonyl (C=O) groups excluding carboxylic acids is 1. The highest BCUT2D eigenvalue weighted by molar-refractivity contribution is 8.29. The van der Waals surface area contributed by atoms with Crippen LogP contribution in [0.15, 0.2) is 17.3 Å². The lowest BCUT2D eigenvalue weighted by atomic mass is 10.1. The number of amides is 1. The van der Waals surface area contributed by atoms with Crippen molar-refractivity contribution in [3.8, 4) is 0 Å². The van der Waals surface area contributed by atoms with Crippen LogP contribution in [0.1, 0.15) is 34.6 Å². The van der Waals surface area contributed by atoms with E-state index in [9.17, 15) is 9.90 Å². The van der Waals surface area contributed by atoms with E-state index in [0.29, 0.717) is 12.2 Å². The summed E-state index contributed by atoms with van der Waals surface area (Å²) < 4.78 is 12.2.